The first kappa shape index (κ1) is 18.8. The predicted octanol–water partition coefficient (Wildman–Crippen LogP) is 3.19. The molecule has 0 spiro atoms. The van der Waals surface area contributed by atoms with Crippen LogP contribution in [0.2, 0.25) is 0 Å². The molecule has 0 amide bonds. The fraction of sp³-hybridized carbons (Fsp3) is 0.565. The van der Waals surface area contributed by atoms with Crippen LogP contribution >= 0.6 is 0 Å². The first-order valence-corrected chi connectivity index (χ1v) is 11.2. The van der Waals surface area contributed by atoms with Crippen LogP contribution in [0.5, 0.6) is 0 Å². The Morgan fingerprint density at radius 1 is 1.14 bits per heavy atom. The highest BCUT2D eigenvalue weighted by atomic mass is 15.2. The second-order valence-electron chi connectivity index (χ2n) is 8.65. The van der Waals surface area contributed by atoms with E-state index in [2.05, 4.69) is 38.8 Å². The molecule has 3 aliphatic rings. The standard InChI is InChI=1S/C23H32N6/c1-2-20-27-21-22(17-7-3-4-8-18(17)26-23(21)24)29(20)12-6-5-11-25-19-15-28-13-9-16(19)10-14-28/h3-4,7-8,16,19,25H,2,5-6,9-15H2,1H3,(H2,24,26). The molecule has 3 aromatic rings. The third kappa shape index (κ3) is 3.49. The molecule has 3 saturated heterocycles. The van der Waals surface area contributed by atoms with Crippen molar-refractivity contribution in [3.63, 3.8) is 0 Å². The van der Waals surface area contributed by atoms with Crippen LogP contribution in [0.15, 0.2) is 24.3 Å². The molecule has 6 rings (SSSR count). The van der Waals surface area contributed by atoms with Crippen molar-refractivity contribution >= 4 is 27.8 Å². The van der Waals surface area contributed by atoms with Crippen molar-refractivity contribution in [3.8, 4) is 0 Å². The van der Waals surface area contributed by atoms with Crippen molar-refractivity contribution in [1.29, 1.82) is 0 Å². The van der Waals surface area contributed by atoms with Crippen molar-refractivity contribution in [3.05, 3.63) is 30.1 Å². The van der Waals surface area contributed by atoms with Crippen molar-refractivity contribution in [2.75, 3.05) is 31.9 Å². The summed E-state index contributed by atoms with van der Waals surface area (Å²) in [5.41, 5.74) is 9.20. The van der Waals surface area contributed by atoms with Crippen LogP contribution < -0.4 is 11.1 Å². The van der Waals surface area contributed by atoms with Crippen LogP contribution in [-0.2, 0) is 13.0 Å². The predicted molar refractivity (Wildman–Crippen MR) is 119 cm³/mol. The molecule has 0 aliphatic carbocycles. The van der Waals surface area contributed by atoms with Crippen LogP contribution in [0, 0.1) is 5.92 Å². The maximum absolute atomic E-state index is 6.25. The normalized spacial score (nSPS) is 24.0. The number of nitrogens with two attached hydrogens (primary N) is 1. The monoisotopic (exact) mass is 392 g/mol. The molecule has 0 radical (unpaired) electrons. The number of nitrogens with zero attached hydrogens (tertiary/aromatic N) is 4. The fourth-order valence-corrected chi connectivity index (χ4v) is 5.29. The first-order chi connectivity index (χ1) is 14.2. The number of hydrogen-bond acceptors (Lipinski definition) is 5. The molecule has 3 fully saturated rings. The lowest BCUT2D eigenvalue weighted by molar-refractivity contribution is 0.0727. The molecule has 2 aromatic heterocycles. The Morgan fingerprint density at radius 3 is 2.72 bits per heavy atom. The molecule has 6 heteroatoms. The number of rotatable bonds is 7. The van der Waals surface area contributed by atoms with Gasteiger partial charge in [-0.1, -0.05) is 25.1 Å². The SMILES string of the molecule is CCc1nc2c(N)nc3ccccc3c2n1CCCCNC1CN2CCC1CC2. The third-order valence-electron chi connectivity index (χ3n) is 6.88. The molecule has 3 aliphatic heterocycles. The molecule has 3 N–H and O–H groups in total. The number of anilines is 1. The quantitative estimate of drug-likeness (QED) is 0.604. The van der Waals surface area contributed by atoms with Crippen LogP contribution in [0.3, 0.4) is 0 Å². The lowest BCUT2D eigenvalue weighted by atomic mass is 9.84. The number of imidazole rings is 1. The smallest absolute Gasteiger partial charge is 0.152 e. The van der Waals surface area contributed by atoms with E-state index >= 15 is 0 Å². The van der Waals surface area contributed by atoms with E-state index in [4.69, 9.17) is 10.7 Å². The maximum Gasteiger partial charge on any atom is 0.152 e. The average Bonchev–Trinajstić information content (AvgIpc) is 3.14. The van der Waals surface area contributed by atoms with E-state index in [0.29, 0.717) is 11.9 Å². The molecule has 0 saturated carbocycles. The second-order valence-corrected chi connectivity index (χ2v) is 8.65. The first-order valence-electron chi connectivity index (χ1n) is 11.2. The van der Waals surface area contributed by atoms with E-state index in [1.165, 1.54) is 38.9 Å². The summed E-state index contributed by atoms with van der Waals surface area (Å²) in [5, 5.41) is 4.99. The Bertz CT molecular complexity index is 1000. The highest BCUT2D eigenvalue weighted by molar-refractivity contribution is 6.06. The van der Waals surface area contributed by atoms with Crippen LogP contribution in [0.25, 0.3) is 21.9 Å². The van der Waals surface area contributed by atoms with Gasteiger partial charge in [-0.25, -0.2) is 9.97 Å². The lowest BCUT2D eigenvalue weighted by Gasteiger charge is -2.45. The fourth-order valence-electron chi connectivity index (χ4n) is 5.29. The molecule has 6 nitrogen and oxygen atoms in total. The van der Waals surface area contributed by atoms with Gasteiger partial charge in [0.05, 0.1) is 11.0 Å². The van der Waals surface area contributed by atoms with E-state index in [0.717, 1.165) is 59.6 Å². The Kier molecular flexibility index (Phi) is 5.14. The number of para-hydroxylation sites is 1. The molecule has 5 heterocycles. The summed E-state index contributed by atoms with van der Waals surface area (Å²) in [5.74, 6) is 2.54. The second kappa shape index (κ2) is 7.92. The molecule has 2 bridgehead atoms. The molecular weight excluding hydrogens is 360 g/mol. The van der Waals surface area contributed by atoms with Gasteiger partial charge >= 0.3 is 0 Å². The summed E-state index contributed by atoms with van der Waals surface area (Å²) < 4.78 is 2.38. The van der Waals surface area contributed by atoms with Gasteiger partial charge in [0.25, 0.3) is 0 Å². The van der Waals surface area contributed by atoms with Gasteiger partial charge in [-0.05, 0) is 57.3 Å². The zero-order valence-electron chi connectivity index (χ0n) is 17.4. The Morgan fingerprint density at radius 2 is 1.97 bits per heavy atom. The molecule has 154 valence electrons. The Hall–Kier alpha value is -2.18. The zero-order chi connectivity index (χ0) is 19.8. The van der Waals surface area contributed by atoms with E-state index in [-0.39, 0.29) is 0 Å². The average molecular weight is 393 g/mol. The van der Waals surface area contributed by atoms with Crippen molar-refractivity contribution in [2.24, 2.45) is 5.92 Å². The molecule has 1 atom stereocenters. The number of benzene rings is 1. The van der Waals surface area contributed by atoms with E-state index in [1.54, 1.807) is 0 Å². The van der Waals surface area contributed by atoms with Crippen molar-refractivity contribution in [2.45, 2.75) is 51.6 Å². The summed E-state index contributed by atoms with van der Waals surface area (Å²) in [4.78, 5) is 12.0. The maximum atomic E-state index is 6.25. The van der Waals surface area contributed by atoms with E-state index < -0.39 is 0 Å². The summed E-state index contributed by atoms with van der Waals surface area (Å²) in [7, 11) is 0. The minimum absolute atomic E-state index is 0.538. The van der Waals surface area contributed by atoms with Gasteiger partial charge in [0.15, 0.2) is 5.82 Å². The molecule has 1 unspecified atom stereocenters. The van der Waals surface area contributed by atoms with Gasteiger partial charge in [0.2, 0.25) is 0 Å². The highest BCUT2D eigenvalue weighted by Gasteiger charge is 2.33. The number of pyridine rings is 1. The number of aromatic nitrogens is 3. The lowest BCUT2D eigenvalue weighted by Crippen LogP contribution is -2.56. The third-order valence-corrected chi connectivity index (χ3v) is 6.88. The topological polar surface area (TPSA) is 72.0 Å². The number of unbranched alkanes of at least 4 members (excludes halogenated alkanes) is 1. The van der Waals surface area contributed by atoms with Gasteiger partial charge in [-0.2, -0.15) is 0 Å². The molecule has 29 heavy (non-hydrogen) atoms. The summed E-state index contributed by atoms with van der Waals surface area (Å²) >= 11 is 0. The Balaban J connectivity index is 1.29. The molecular formula is C23H32N6. The number of piperidine rings is 3. The number of hydrogen-bond donors (Lipinski definition) is 2. The van der Waals surface area contributed by atoms with Gasteiger partial charge in [-0.15, -0.1) is 0 Å². The minimum atomic E-state index is 0.538. The van der Waals surface area contributed by atoms with Gasteiger partial charge in [-0.3, -0.25) is 0 Å². The molecule has 1 aromatic carbocycles. The van der Waals surface area contributed by atoms with Crippen molar-refractivity contribution in [1.82, 2.24) is 24.8 Å². The number of fused-ring (bicyclic) bond motifs is 6. The van der Waals surface area contributed by atoms with E-state index in [9.17, 15) is 0 Å². The summed E-state index contributed by atoms with van der Waals surface area (Å²) in [6.45, 7) is 8.11. The highest BCUT2D eigenvalue weighted by Crippen LogP contribution is 2.30. The number of nitrogens with one attached hydrogen (secondary N) is 1. The van der Waals surface area contributed by atoms with Crippen LogP contribution in [0.4, 0.5) is 5.82 Å². The number of nitrogen functional groups attached to an aromatic ring is 1. The van der Waals surface area contributed by atoms with Gasteiger partial charge in [0, 0.05) is 30.9 Å². The Labute approximate surface area is 172 Å². The zero-order valence-corrected chi connectivity index (χ0v) is 17.4. The largest absolute Gasteiger partial charge is 0.382 e. The minimum Gasteiger partial charge on any atom is -0.382 e. The number of aryl methyl sites for hydroxylation is 2. The van der Waals surface area contributed by atoms with Gasteiger partial charge in [0.1, 0.15) is 11.3 Å². The van der Waals surface area contributed by atoms with Crippen molar-refractivity contribution < 1.29 is 0 Å². The summed E-state index contributed by atoms with van der Waals surface area (Å²) in [6, 6.07) is 8.96. The van der Waals surface area contributed by atoms with Crippen LogP contribution in [-0.4, -0.2) is 51.7 Å². The van der Waals surface area contributed by atoms with Crippen LogP contribution in [0.1, 0.15) is 38.4 Å². The van der Waals surface area contributed by atoms with Gasteiger partial charge < -0.3 is 20.5 Å². The summed E-state index contributed by atoms with van der Waals surface area (Å²) in [6.07, 6.45) is 5.98. The van der Waals surface area contributed by atoms with E-state index in [1.807, 2.05) is 12.1 Å².